The highest BCUT2D eigenvalue weighted by molar-refractivity contribution is 5.41. The summed E-state index contributed by atoms with van der Waals surface area (Å²) in [4.78, 5) is 6.70. The predicted molar refractivity (Wildman–Crippen MR) is 88.1 cm³/mol. The molecule has 0 aliphatic carbocycles. The number of methoxy groups -OCH3 is 1. The van der Waals surface area contributed by atoms with E-state index < -0.39 is 0 Å². The Hall–Kier alpha value is -1.91. The van der Waals surface area contributed by atoms with Crippen LogP contribution >= 0.6 is 0 Å². The van der Waals surface area contributed by atoms with Crippen molar-refractivity contribution in [3.8, 4) is 5.75 Å². The number of hydrogen-bond donors (Lipinski definition) is 1. The Balaban J connectivity index is 2.02. The molecule has 3 rings (SSSR count). The Kier molecular flexibility index (Phi) is 5.03. The summed E-state index contributed by atoms with van der Waals surface area (Å²) in [6.45, 7) is 4.23. The minimum absolute atomic E-state index is 0.207. The van der Waals surface area contributed by atoms with Crippen LogP contribution in [0.5, 0.6) is 5.75 Å². The van der Waals surface area contributed by atoms with Crippen LogP contribution in [0.2, 0.25) is 0 Å². The fourth-order valence-electron chi connectivity index (χ4n) is 3.15. The van der Waals surface area contributed by atoms with Gasteiger partial charge in [0.15, 0.2) is 0 Å². The lowest BCUT2D eigenvalue weighted by Gasteiger charge is -2.32. The van der Waals surface area contributed by atoms with Crippen LogP contribution in [0.15, 0.2) is 48.8 Å². The van der Waals surface area contributed by atoms with Gasteiger partial charge in [-0.1, -0.05) is 18.2 Å². The average molecular weight is 297 g/mol. The fourth-order valence-corrected chi connectivity index (χ4v) is 3.15. The maximum absolute atomic E-state index is 5.61. The molecule has 0 amide bonds. The van der Waals surface area contributed by atoms with E-state index in [-0.39, 0.29) is 6.04 Å². The fraction of sp³-hybridized carbons (Fsp3) is 0.389. The SMILES string of the molecule is COc1ccccc1C(c1ccncc1)N1CCCNCC1. The van der Waals surface area contributed by atoms with Crippen molar-refractivity contribution >= 4 is 0 Å². The van der Waals surface area contributed by atoms with E-state index in [1.807, 2.05) is 24.5 Å². The van der Waals surface area contributed by atoms with E-state index in [1.54, 1.807) is 7.11 Å². The largest absolute Gasteiger partial charge is 0.496 e. The van der Waals surface area contributed by atoms with Crippen molar-refractivity contribution in [3.63, 3.8) is 0 Å². The Labute approximate surface area is 132 Å². The van der Waals surface area contributed by atoms with Crippen LogP contribution in [0.4, 0.5) is 0 Å². The van der Waals surface area contributed by atoms with Gasteiger partial charge in [-0.25, -0.2) is 0 Å². The first kappa shape index (κ1) is 15.0. The quantitative estimate of drug-likeness (QED) is 0.941. The van der Waals surface area contributed by atoms with Gasteiger partial charge in [-0.3, -0.25) is 9.88 Å². The summed E-state index contributed by atoms with van der Waals surface area (Å²) in [7, 11) is 1.74. The normalized spacial score (nSPS) is 17.7. The van der Waals surface area contributed by atoms with E-state index in [0.29, 0.717) is 0 Å². The second-order valence-electron chi connectivity index (χ2n) is 5.56. The van der Waals surface area contributed by atoms with Gasteiger partial charge in [-0.2, -0.15) is 0 Å². The van der Waals surface area contributed by atoms with Gasteiger partial charge in [0.1, 0.15) is 5.75 Å². The molecule has 4 heteroatoms. The number of nitrogens with one attached hydrogen (secondary N) is 1. The molecule has 0 saturated carbocycles. The van der Waals surface area contributed by atoms with E-state index in [1.165, 1.54) is 11.1 Å². The van der Waals surface area contributed by atoms with E-state index in [2.05, 4.69) is 39.5 Å². The molecule has 1 aromatic carbocycles. The first-order valence-electron chi connectivity index (χ1n) is 7.88. The first-order valence-corrected chi connectivity index (χ1v) is 7.88. The molecule has 1 atom stereocenters. The highest BCUT2D eigenvalue weighted by Gasteiger charge is 2.25. The lowest BCUT2D eigenvalue weighted by atomic mass is 9.96. The summed E-state index contributed by atoms with van der Waals surface area (Å²) in [5, 5.41) is 3.48. The summed E-state index contributed by atoms with van der Waals surface area (Å²) in [6.07, 6.45) is 4.90. The van der Waals surface area contributed by atoms with E-state index >= 15 is 0 Å². The molecule has 4 nitrogen and oxygen atoms in total. The molecular weight excluding hydrogens is 274 g/mol. The number of benzene rings is 1. The summed E-state index contributed by atoms with van der Waals surface area (Å²) < 4.78 is 5.61. The van der Waals surface area contributed by atoms with Crippen molar-refractivity contribution in [2.24, 2.45) is 0 Å². The molecule has 0 bridgehead atoms. The Bertz CT molecular complexity index is 580. The molecule has 1 aliphatic heterocycles. The van der Waals surface area contributed by atoms with Crippen molar-refractivity contribution < 1.29 is 4.74 Å². The van der Waals surface area contributed by atoms with Gasteiger partial charge in [-0.05, 0) is 36.7 Å². The summed E-state index contributed by atoms with van der Waals surface area (Å²) in [5.41, 5.74) is 2.49. The Morgan fingerprint density at radius 2 is 1.91 bits per heavy atom. The number of hydrogen-bond acceptors (Lipinski definition) is 4. The van der Waals surface area contributed by atoms with Gasteiger partial charge in [0, 0.05) is 37.6 Å². The highest BCUT2D eigenvalue weighted by atomic mass is 16.5. The molecule has 2 heterocycles. The number of para-hydroxylation sites is 1. The third kappa shape index (κ3) is 3.29. The van der Waals surface area contributed by atoms with Crippen molar-refractivity contribution in [1.82, 2.24) is 15.2 Å². The number of rotatable bonds is 4. The standard InChI is InChI=1S/C18H23N3O/c1-22-17-6-3-2-5-16(17)18(15-7-10-20-11-8-15)21-13-4-9-19-12-14-21/h2-3,5-8,10-11,18-19H,4,9,12-14H2,1H3. The molecule has 1 N–H and O–H groups in total. The predicted octanol–water partition coefficient (Wildman–Crippen LogP) is 2.47. The summed E-state index contributed by atoms with van der Waals surface area (Å²) >= 11 is 0. The van der Waals surface area contributed by atoms with Crippen molar-refractivity contribution in [1.29, 1.82) is 0 Å². The van der Waals surface area contributed by atoms with Gasteiger partial charge < -0.3 is 10.1 Å². The zero-order valence-corrected chi connectivity index (χ0v) is 13.0. The Morgan fingerprint density at radius 1 is 1.09 bits per heavy atom. The monoisotopic (exact) mass is 297 g/mol. The number of ether oxygens (including phenoxy) is 1. The van der Waals surface area contributed by atoms with Crippen molar-refractivity contribution in [2.45, 2.75) is 12.5 Å². The van der Waals surface area contributed by atoms with Crippen LogP contribution in [-0.4, -0.2) is 43.2 Å². The third-order valence-corrected chi connectivity index (χ3v) is 4.20. The second-order valence-corrected chi connectivity index (χ2v) is 5.56. The minimum Gasteiger partial charge on any atom is -0.496 e. The molecule has 1 aliphatic rings. The lowest BCUT2D eigenvalue weighted by molar-refractivity contribution is 0.236. The molecule has 0 radical (unpaired) electrons. The molecule has 1 fully saturated rings. The van der Waals surface area contributed by atoms with E-state index in [9.17, 15) is 0 Å². The van der Waals surface area contributed by atoms with Gasteiger partial charge in [0.2, 0.25) is 0 Å². The molecule has 0 spiro atoms. The summed E-state index contributed by atoms with van der Waals surface area (Å²) in [5.74, 6) is 0.946. The maximum Gasteiger partial charge on any atom is 0.123 e. The first-order chi connectivity index (χ1) is 10.9. The van der Waals surface area contributed by atoms with E-state index in [4.69, 9.17) is 4.74 Å². The number of aromatic nitrogens is 1. The number of pyridine rings is 1. The topological polar surface area (TPSA) is 37.4 Å². The smallest absolute Gasteiger partial charge is 0.123 e. The highest BCUT2D eigenvalue weighted by Crippen LogP contribution is 2.34. The average Bonchev–Trinajstić information content (AvgIpc) is 2.86. The lowest BCUT2D eigenvalue weighted by Crippen LogP contribution is -2.33. The molecule has 1 aromatic heterocycles. The van der Waals surface area contributed by atoms with Gasteiger partial charge in [0.05, 0.1) is 13.2 Å². The zero-order chi connectivity index (χ0) is 15.2. The molecule has 1 saturated heterocycles. The third-order valence-electron chi connectivity index (χ3n) is 4.20. The Morgan fingerprint density at radius 3 is 2.73 bits per heavy atom. The minimum atomic E-state index is 0.207. The van der Waals surface area contributed by atoms with Crippen LogP contribution in [0.3, 0.4) is 0 Å². The van der Waals surface area contributed by atoms with Crippen LogP contribution in [0, 0.1) is 0 Å². The molecule has 1 unspecified atom stereocenters. The number of nitrogens with zero attached hydrogens (tertiary/aromatic N) is 2. The summed E-state index contributed by atoms with van der Waals surface area (Å²) in [6, 6.07) is 12.7. The van der Waals surface area contributed by atoms with Crippen LogP contribution < -0.4 is 10.1 Å². The molecule has 22 heavy (non-hydrogen) atoms. The molecule has 2 aromatic rings. The van der Waals surface area contributed by atoms with Gasteiger partial charge in [0.25, 0.3) is 0 Å². The maximum atomic E-state index is 5.61. The zero-order valence-electron chi connectivity index (χ0n) is 13.0. The van der Waals surface area contributed by atoms with Crippen LogP contribution in [0.25, 0.3) is 0 Å². The van der Waals surface area contributed by atoms with Gasteiger partial charge in [-0.15, -0.1) is 0 Å². The second kappa shape index (κ2) is 7.38. The van der Waals surface area contributed by atoms with Crippen molar-refractivity contribution in [3.05, 3.63) is 59.9 Å². The van der Waals surface area contributed by atoms with Crippen LogP contribution in [0.1, 0.15) is 23.6 Å². The van der Waals surface area contributed by atoms with Crippen molar-refractivity contribution in [2.75, 3.05) is 33.3 Å². The molecule has 116 valence electrons. The van der Waals surface area contributed by atoms with Gasteiger partial charge >= 0.3 is 0 Å². The molecular formula is C18H23N3O. The van der Waals surface area contributed by atoms with E-state index in [0.717, 1.165) is 38.3 Å². The van der Waals surface area contributed by atoms with Crippen LogP contribution in [-0.2, 0) is 0 Å².